The molecular weight excluding hydrogens is 348 g/mol. The molecule has 0 N–H and O–H groups in total. The van der Waals surface area contributed by atoms with E-state index in [2.05, 4.69) is 36.0 Å². The van der Waals surface area contributed by atoms with E-state index >= 15 is 0 Å². The maximum Gasteiger partial charge on any atom is 0.225 e. The van der Waals surface area contributed by atoms with Gasteiger partial charge >= 0.3 is 0 Å². The molecule has 28 heavy (non-hydrogen) atoms. The first-order valence-electron chi connectivity index (χ1n) is 11.4. The number of aromatic nitrogens is 2. The molecule has 1 saturated carbocycles. The highest BCUT2D eigenvalue weighted by Gasteiger charge is 2.41. The molecule has 0 amide bonds. The van der Waals surface area contributed by atoms with Gasteiger partial charge in [-0.2, -0.15) is 0 Å². The van der Waals surface area contributed by atoms with E-state index in [0.717, 1.165) is 38.3 Å². The van der Waals surface area contributed by atoms with Gasteiger partial charge in [-0.15, -0.1) is 0 Å². The zero-order valence-electron chi connectivity index (χ0n) is 17.8. The number of Topliss-reactive ketones (excluding diaryl/α,β-unsaturated/α-hetero) is 1. The van der Waals surface area contributed by atoms with Crippen molar-refractivity contribution in [2.24, 2.45) is 11.8 Å². The lowest BCUT2D eigenvalue weighted by atomic mass is 9.77. The van der Waals surface area contributed by atoms with Crippen LogP contribution in [0.5, 0.6) is 0 Å². The Morgan fingerprint density at radius 2 is 1.64 bits per heavy atom. The number of piperazine rings is 1. The maximum absolute atomic E-state index is 11.9. The molecule has 2 saturated heterocycles. The Labute approximate surface area is 169 Å². The van der Waals surface area contributed by atoms with E-state index in [4.69, 9.17) is 9.97 Å². The van der Waals surface area contributed by atoms with Crippen LogP contribution in [-0.4, -0.2) is 51.9 Å². The molecule has 3 heterocycles. The molecule has 0 radical (unpaired) electrons. The Morgan fingerprint density at radius 3 is 2.18 bits per heavy atom. The van der Waals surface area contributed by atoms with Crippen molar-refractivity contribution in [1.82, 2.24) is 14.9 Å². The number of anilines is 1. The van der Waals surface area contributed by atoms with Gasteiger partial charge < -0.3 is 4.90 Å². The minimum Gasteiger partial charge on any atom is -0.332 e. The van der Waals surface area contributed by atoms with E-state index in [-0.39, 0.29) is 0 Å². The largest absolute Gasteiger partial charge is 0.332 e. The molecule has 154 valence electrons. The second-order valence-corrected chi connectivity index (χ2v) is 9.47. The minimum atomic E-state index is 0.319. The fourth-order valence-electron chi connectivity index (χ4n) is 5.58. The summed E-state index contributed by atoms with van der Waals surface area (Å²) in [5.41, 5.74) is 1.25. The monoisotopic (exact) mass is 384 g/mol. The average molecular weight is 385 g/mol. The summed E-state index contributed by atoms with van der Waals surface area (Å²) in [4.78, 5) is 26.6. The molecule has 5 nitrogen and oxygen atoms in total. The van der Waals surface area contributed by atoms with Gasteiger partial charge in [-0.1, -0.05) is 6.92 Å². The zero-order valence-corrected chi connectivity index (χ0v) is 17.8. The molecule has 1 aromatic heterocycles. The van der Waals surface area contributed by atoms with Gasteiger partial charge in [-0.05, 0) is 70.3 Å². The number of rotatable bonds is 6. The second-order valence-electron chi connectivity index (χ2n) is 9.47. The Kier molecular flexibility index (Phi) is 6.00. The third-order valence-electron chi connectivity index (χ3n) is 7.34. The second kappa shape index (κ2) is 8.48. The van der Waals surface area contributed by atoms with Crippen LogP contribution in [-0.2, 0) is 11.2 Å². The van der Waals surface area contributed by atoms with Gasteiger partial charge in [0.2, 0.25) is 5.95 Å². The highest BCUT2D eigenvalue weighted by Crippen LogP contribution is 2.34. The number of likely N-dealkylation sites (tertiary alicyclic amines) is 1. The molecule has 2 atom stereocenters. The Hall–Kier alpha value is -1.49. The van der Waals surface area contributed by atoms with Crippen LogP contribution in [0.4, 0.5) is 5.95 Å². The highest BCUT2D eigenvalue weighted by molar-refractivity contribution is 5.80. The first kappa shape index (κ1) is 19.8. The summed E-state index contributed by atoms with van der Waals surface area (Å²) in [5, 5.41) is 0. The van der Waals surface area contributed by atoms with Crippen molar-refractivity contribution in [1.29, 1.82) is 0 Å². The Morgan fingerprint density at radius 1 is 1.04 bits per heavy atom. The van der Waals surface area contributed by atoms with Crippen molar-refractivity contribution in [3.05, 3.63) is 18.0 Å². The first-order valence-corrected chi connectivity index (χ1v) is 11.4. The molecular formula is C23H36N4O. The topological polar surface area (TPSA) is 49.3 Å². The fourth-order valence-corrected chi connectivity index (χ4v) is 5.58. The van der Waals surface area contributed by atoms with Crippen LogP contribution < -0.4 is 4.90 Å². The van der Waals surface area contributed by atoms with Gasteiger partial charge in [-0.25, -0.2) is 9.97 Å². The van der Waals surface area contributed by atoms with E-state index in [1.165, 1.54) is 31.2 Å². The SMILES string of the molecule is CCC(=O)[C@H]1CC[C@H](Cc2cnc(N3C4CCC3CN(C(C)C)C4)nc2)CC1. The van der Waals surface area contributed by atoms with Gasteiger partial charge in [0.05, 0.1) is 0 Å². The lowest BCUT2D eigenvalue weighted by Crippen LogP contribution is -2.56. The summed E-state index contributed by atoms with van der Waals surface area (Å²) in [7, 11) is 0. The fraction of sp³-hybridized carbons (Fsp3) is 0.783. The predicted molar refractivity (Wildman–Crippen MR) is 112 cm³/mol. The molecule has 1 aliphatic carbocycles. The molecule has 2 unspecified atom stereocenters. The number of hydrogen-bond donors (Lipinski definition) is 0. The molecule has 3 aliphatic rings. The summed E-state index contributed by atoms with van der Waals surface area (Å²) in [6.45, 7) is 8.86. The highest BCUT2D eigenvalue weighted by atomic mass is 16.1. The number of ketones is 1. The summed E-state index contributed by atoms with van der Waals surface area (Å²) < 4.78 is 0. The number of carbonyl (C=O) groups excluding carboxylic acids is 1. The normalized spacial score (nSPS) is 30.8. The van der Waals surface area contributed by atoms with Gasteiger partial charge in [-0.3, -0.25) is 9.69 Å². The van der Waals surface area contributed by atoms with E-state index in [0.29, 0.717) is 42.2 Å². The van der Waals surface area contributed by atoms with Gasteiger partial charge in [0.15, 0.2) is 0 Å². The summed E-state index contributed by atoms with van der Waals surface area (Å²) in [6, 6.07) is 1.76. The maximum atomic E-state index is 11.9. The van der Waals surface area contributed by atoms with Crippen LogP contribution in [0.15, 0.2) is 12.4 Å². The third kappa shape index (κ3) is 4.10. The lowest BCUT2D eigenvalue weighted by molar-refractivity contribution is -0.123. The first-order chi connectivity index (χ1) is 13.5. The van der Waals surface area contributed by atoms with Crippen LogP contribution in [0, 0.1) is 11.8 Å². The van der Waals surface area contributed by atoms with Crippen LogP contribution >= 0.6 is 0 Å². The van der Waals surface area contributed by atoms with Crippen LogP contribution in [0.2, 0.25) is 0 Å². The standard InChI is InChI=1S/C23H36N4O/c1-4-22(28)19-7-5-17(6-8-19)11-18-12-24-23(25-13-18)27-20-9-10-21(27)15-26(14-20)16(2)3/h12-13,16-17,19-21H,4-11,14-15H2,1-3H3/t17-,19-,20?,21?. The number of fused-ring (bicyclic) bond motifs is 2. The van der Waals surface area contributed by atoms with Crippen molar-refractivity contribution in [2.75, 3.05) is 18.0 Å². The molecule has 3 fully saturated rings. The summed E-state index contributed by atoms with van der Waals surface area (Å²) >= 11 is 0. The zero-order chi connectivity index (χ0) is 19.7. The molecule has 1 aromatic rings. The van der Waals surface area contributed by atoms with Crippen molar-refractivity contribution in [3.63, 3.8) is 0 Å². The van der Waals surface area contributed by atoms with Crippen molar-refractivity contribution in [3.8, 4) is 0 Å². The van der Waals surface area contributed by atoms with Gasteiger partial charge in [0.25, 0.3) is 0 Å². The molecule has 4 rings (SSSR count). The number of nitrogens with zero attached hydrogens (tertiary/aromatic N) is 4. The Balaban J connectivity index is 1.33. The molecule has 5 heteroatoms. The van der Waals surface area contributed by atoms with Crippen molar-refractivity contribution < 1.29 is 4.79 Å². The van der Waals surface area contributed by atoms with Crippen molar-refractivity contribution in [2.45, 2.75) is 90.3 Å². The average Bonchev–Trinajstić information content (AvgIpc) is 2.97. The number of hydrogen-bond acceptors (Lipinski definition) is 5. The van der Waals surface area contributed by atoms with E-state index in [1.54, 1.807) is 0 Å². The predicted octanol–water partition coefficient (Wildman–Crippen LogP) is 3.87. The molecule has 0 spiro atoms. The molecule has 0 aromatic carbocycles. The van der Waals surface area contributed by atoms with E-state index in [9.17, 15) is 4.79 Å². The summed E-state index contributed by atoms with van der Waals surface area (Å²) in [5.74, 6) is 2.39. The molecule has 2 bridgehead atoms. The quantitative estimate of drug-likeness (QED) is 0.745. The van der Waals surface area contributed by atoms with E-state index < -0.39 is 0 Å². The van der Waals surface area contributed by atoms with Crippen molar-refractivity contribution >= 4 is 11.7 Å². The third-order valence-corrected chi connectivity index (χ3v) is 7.34. The molecule has 2 aliphatic heterocycles. The smallest absolute Gasteiger partial charge is 0.225 e. The number of carbonyl (C=O) groups is 1. The Bertz CT molecular complexity index is 652. The summed E-state index contributed by atoms with van der Waals surface area (Å²) in [6.07, 6.45) is 12.9. The van der Waals surface area contributed by atoms with Crippen LogP contribution in [0.1, 0.15) is 71.3 Å². The lowest BCUT2D eigenvalue weighted by Gasteiger charge is -2.42. The van der Waals surface area contributed by atoms with Crippen LogP contribution in [0.3, 0.4) is 0 Å². The van der Waals surface area contributed by atoms with Crippen LogP contribution in [0.25, 0.3) is 0 Å². The van der Waals surface area contributed by atoms with E-state index in [1.807, 2.05) is 6.92 Å². The van der Waals surface area contributed by atoms with Gasteiger partial charge in [0, 0.05) is 55.9 Å². The minimum absolute atomic E-state index is 0.319. The van der Waals surface area contributed by atoms with Gasteiger partial charge in [0.1, 0.15) is 5.78 Å².